The standard InChI is InChI=1S/C28H32N6O3S/c29-28(9-11-30-12-10-28)27(37)33-23(13-19-16-38-24-8-4-2-6-21(19)24)26(36)34-25(32-17-35)14-18-15-31-22-7-3-1-5-20(18)22/h1-8,15-17,23,25,30-31H,9-14,29H2,(H,32,35)(H,33,37)(H,34,36)/t23-,25-/m1/s1. The number of nitrogens with one attached hydrogen (secondary N) is 5. The molecule has 1 aliphatic heterocycles. The lowest BCUT2D eigenvalue weighted by Crippen LogP contribution is -2.63. The number of fused-ring (bicyclic) bond motifs is 2. The molecule has 3 amide bonds. The predicted octanol–water partition coefficient (Wildman–Crippen LogP) is 1.92. The third kappa shape index (κ3) is 5.57. The highest BCUT2D eigenvalue weighted by Gasteiger charge is 2.37. The topological polar surface area (TPSA) is 141 Å². The van der Waals surface area contributed by atoms with Gasteiger partial charge in [0.1, 0.15) is 12.2 Å². The van der Waals surface area contributed by atoms with Crippen LogP contribution in [0.15, 0.2) is 60.1 Å². The fourth-order valence-electron chi connectivity index (χ4n) is 5.05. The molecule has 2 aromatic carbocycles. The number of piperidine rings is 1. The van der Waals surface area contributed by atoms with Gasteiger partial charge in [-0.2, -0.15) is 0 Å². The van der Waals surface area contributed by atoms with E-state index in [-0.39, 0.29) is 11.8 Å². The molecular weight excluding hydrogens is 500 g/mol. The zero-order valence-corrected chi connectivity index (χ0v) is 21.8. The summed E-state index contributed by atoms with van der Waals surface area (Å²) in [4.78, 5) is 41.6. The molecule has 2 atom stereocenters. The van der Waals surface area contributed by atoms with Gasteiger partial charge in [-0.05, 0) is 60.0 Å². The summed E-state index contributed by atoms with van der Waals surface area (Å²) in [6.45, 7) is 1.29. The van der Waals surface area contributed by atoms with Gasteiger partial charge in [-0.25, -0.2) is 0 Å². The molecule has 0 aliphatic carbocycles. The maximum Gasteiger partial charge on any atom is 0.244 e. The second kappa shape index (κ2) is 11.3. The largest absolute Gasteiger partial charge is 0.361 e. The molecule has 4 aromatic rings. The number of hydrogen-bond donors (Lipinski definition) is 6. The fourth-order valence-corrected chi connectivity index (χ4v) is 6.02. The maximum atomic E-state index is 13.7. The van der Waals surface area contributed by atoms with Crippen molar-refractivity contribution >= 4 is 50.6 Å². The molecule has 1 aliphatic rings. The summed E-state index contributed by atoms with van der Waals surface area (Å²) in [7, 11) is 0. The quantitative estimate of drug-likeness (QED) is 0.137. The Labute approximate surface area is 224 Å². The molecule has 0 bridgehead atoms. The monoisotopic (exact) mass is 532 g/mol. The number of rotatable bonds is 10. The molecule has 38 heavy (non-hydrogen) atoms. The van der Waals surface area contributed by atoms with Crippen molar-refractivity contribution in [1.82, 2.24) is 26.3 Å². The summed E-state index contributed by atoms with van der Waals surface area (Å²) in [6, 6.07) is 15.0. The maximum absolute atomic E-state index is 13.7. The number of nitrogens with two attached hydrogens (primary N) is 1. The number of carbonyl (C=O) groups excluding carboxylic acids is 3. The third-order valence-electron chi connectivity index (χ3n) is 7.24. The number of thiophene rings is 1. The minimum Gasteiger partial charge on any atom is -0.361 e. The summed E-state index contributed by atoms with van der Waals surface area (Å²) in [5.41, 5.74) is 8.33. The molecule has 2 aromatic heterocycles. The Morgan fingerprint density at radius 1 is 1.00 bits per heavy atom. The van der Waals surface area contributed by atoms with Crippen LogP contribution in [-0.4, -0.2) is 54.0 Å². The second-order valence-electron chi connectivity index (χ2n) is 9.80. The Kier molecular flexibility index (Phi) is 7.73. The molecule has 0 radical (unpaired) electrons. The molecular formula is C28H32N6O3S. The number of hydrogen-bond acceptors (Lipinski definition) is 6. The Balaban J connectivity index is 1.37. The molecule has 0 saturated carbocycles. The molecule has 9 nitrogen and oxygen atoms in total. The van der Waals surface area contributed by atoms with Gasteiger partial charge in [0.25, 0.3) is 0 Å². The average molecular weight is 533 g/mol. The van der Waals surface area contributed by atoms with Crippen LogP contribution < -0.4 is 27.0 Å². The Morgan fingerprint density at radius 2 is 1.74 bits per heavy atom. The SMILES string of the molecule is NC1(C(=O)N[C@H](Cc2csc3ccccc23)C(=O)N[C@H](Cc2c[nH]c3ccccc23)NC=O)CCNCC1. The van der Waals surface area contributed by atoms with Crippen LogP contribution >= 0.6 is 11.3 Å². The van der Waals surface area contributed by atoms with Crippen LogP contribution in [0.1, 0.15) is 24.0 Å². The first kappa shape index (κ1) is 25.9. The Morgan fingerprint density at radius 3 is 2.53 bits per heavy atom. The van der Waals surface area contributed by atoms with Gasteiger partial charge >= 0.3 is 0 Å². The summed E-state index contributed by atoms with van der Waals surface area (Å²) in [6.07, 6.45) is 3.45. The molecule has 10 heteroatoms. The lowest BCUT2D eigenvalue weighted by atomic mass is 9.88. The molecule has 3 heterocycles. The first-order valence-corrected chi connectivity index (χ1v) is 13.7. The second-order valence-corrected chi connectivity index (χ2v) is 10.7. The van der Waals surface area contributed by atoms with E-state index in [9.17, 15) is 14.4 Å². The molecule has 198 valence electrons. The highest BCUT2D eigenvalue weighted by Crippen LogP contribution is 2.27. The van der Waals surface area contributed by atoms with Crippen molar-refractivity contribution in [2.24, 2.45) is 5.73 Å². The highest BCUT2D eigenvalue weighted by atomic mass is 32.1. The first-order chi connectivity index (χ1) is 18.5. The van der Waals surface area contributed by atoms with Crippen molar-refractivity contribution in [3.63, 3.8) is 0 Å². The summed E-state index contributed by atoms with van der Waals surface area (Å²) in [5.74, 6) is -0.722. The lowest BCUT2D eigenvalue weighted by molar-refractivity contribution is -0.133. The van der Waals surface area contributed by atoms with Crippen LogP contribution in [0.2, 0.25) is 0 Å². The number of H-pyrrole nitrogens is 1. The van der Waals surface area contributed by atoms with E-state index < -0.39 is 17.7 Å². The van der Waals surface area contributed by atoms with Gasteiger partial charge in [0.2, 0.25) is 18.2 Å². The number of benzene rings is 2. The minimum atomic E-state index is -1.04. The van der Waals surface area contributed by atoms with Crippen molar-refractivity contribution in [2.45, 2.75) is 43.4 Å². The summed E-state index contributed by atoms with van der Waals surface area (Å²) in [5, 5.41) is 15.9. The molecule has 1 saturated heterocycles. The van der Waals surface area contributed by atoms with E-state index in [0.717, 1.165) is 32.1 Å². The van der Waals surface area contributed by atoms with E-state index in [0.29, 0.717) is 45.2 Å². The van der Waals surface area contributed by atoms with Crippen molar-refractivity contribution in [1.29, 1.82) is 0 Å². The first-order valence-electron chi connectivity index (χ1n) is 12.8. The summed E-state index contributed by atoms with van der Waals surface area (Å²) < 4.78 is 1.11. The van der Waals surface area contributed by atoms with Gasteiger partial charge in [0.05, 0.1) is 5.54 Å². The van der Waals surface area contributed by atoms with Gasteiger partial charge in [0, 0.05) is 34.6 Å². The molecule has 0 spiro atoms. The van der Waals surface area contributed by atoms with Gasteiger partial charge in [-0.3, -0.25) is 14.4 Å². The van der Waals surface area contributed by atoms with Crippen molar-refractivity contribution in [2.75, 3.05) is 13.1 Å². The van der Waals surface area contributed by atoms with E-state index in [1.54, 1.807) is 11.3 Å². The number of carbonyl (C=O) groups is 3. The van der Waals surface area contributed by atoms with Crippen LogP contribution in [0.4, 0.5) is 0 Å². The smallest absolute Gasteiger partial charge is 0.244 e. The highest BCUT2D eigenvalue weighted by molar-refractivity contribution is 7.17. The van der Waals surface area contributed by atoms with E-state index in [1.807, 2.05) is 60.1 Å². The molecule has 0 unspecified atom stereocenters. The van der Waals surface area contributed by atoms with Gasteiger partial charge in [0.15, 0.2) is 0 Å². The summed E-state index contributed by atoms with van der Waals surface area (Å²) >= 11 is 1.60. The van der Waals surface area contributed by atoms with Crippen molar-refractivity contribution < 1.29 is 14.4 Å². The molecule has 5 rings (SSSR count). The van der Waals surface area contributed by atoms with Crippen molar-refractivity contribution in [3.05, 3.63) is 71.2 Å². The molecule has 7 N–H and O–H groups in total. The van der Waals surface area contributed by atoms with Gasteiger partial charge < -0.3 is 32.0 Å². The van der Waals surface area contributed by atoms with E-state index >= 15 is 0 Å². The third-order valence-corrected chi connectivity index (χ3v) is 8.25. The number of aromatic amines is 1. The van der Waals surface area contributed by atoms with Gasteiger partial charge in [-0.15, -0.1) is 11.3 Å². The van der Waals surface area contributed by atoms with Gasteiger partial charge in [-0.1, -0.05) is 36.4 Å². The normalized spacial score (nSPS) is 16.6. The zero-order valence-electron chi connectivity index (χ0n) is 21.0. The predicted molar refractivity (Wildman–Crippen MR) is 150 cm³/mol. The van der Waals surface area contributed by atoms with E-state index in [1.165, 1.54) is 0 Å². The van der Waals surface area contributed by atoms with Crippen LogP contribution in [0, 0.1) is 0 Å². The van der Waals surface area contributed by atoms with E-state index in [2.05, 4.69) is 26.3 Å². The van der Waals surface area contributed by atoms with Crippen molar-refractivity contribution in [3.8, 4) is 0 Å². The number of aromatic nitrogens is 1. The van der Waals surface area contributed by atoms with Crippen LogP contribution in [0.25, 0.3) is 21.0 Å². The van der Waals surface area contributed by atoms with Crippen LogP contribution in [-0.2, 0) is 27.2 Å². The number of amides is 3. The average Bonchev–Trinajstić information content (AvgIpc) is 3.53. The zero-order chi connectivity index (χ0) is 26.5. The van der Waals surface area contributed by atoms with E-state index in [4.69, 9.17) is 5.73 Å². The minimum absolute atomic E-state index is 0.302. The Hall–Kier alpha value is -3.73. The molecule has 1 fully saturated rings. The lowest BCUT2D eigenvalue weighted by Gasteiger charge is -2.34. The fraction of sp³-hybridized carbons (Fsp3) is 0.321. The van der Waals surface area contributed by atoms with Crippen LogP contribution in [0.3, 0.4) is 0 Å². The Bertz CT molecular complexity index is 1440. The number of para-hydroxylation sites is 1. The van der Waals surface area contributed by atoms with Crippen LogP contribution in [0.5, 0.6) is 0 Å².